The van der Waals surface area contributed by atoms with Gasteiger partial charge in [0.15, 0.2) is 0 Å². The normalized spacial score (nSPS) is 17.3. The van der Waals surface area contributed by atoms with Crippen molar-refractivity contribution >= 4 is 20.3 Å². The Morgan fingerprint density at radius 2 is 1.40 bits per heavy atom. The minimum absolute atomic E-state index is 0.0390. The molecule has 1 saturated heterocycles. The summed E-state index contributed by atoms with van der Waals surface area (Å²) in [5.41, 5.74) is 1.90. The molecule has 0 bridgehead atoms. The van der Waals surface area contributed by atoms with E-state index in [9.17, 15) is 9.59 Å². The molecule has 1 aliphatic heterocycles. The Labute approximate surface area is 354 Å². The summed E-state index contributed by atoms with van der Waals surface area (Å²) in [5, 5.41) is 2.79. The molecule has 1 radical (unpaired) electrons. The number of rotatable bonds is 19. The van der Waals surface area contributed by atoms with Crippen LogP contribution in [0.1, 0.15) is 79.9 Å². The van der Waals surface area contributed by atoms with Crippen molar-refractivity contribution in [1.29, 1.82) is 0 Å². The van der Waals surface area contributed by atoms with Gasteiger partial charge in [-0.2, -0.15) is 4.98 Å². The lowest BCUT2D eigenvalue weighted by molar-refractivity contribution is -0.0922. The molecular weight excluding hydrogens is 780 g/mol. The SMILES string of the molecule is CCCOP(O[C@H]1[CH][C@H](n2cc(C)c(NC(=O)c3ccccc3)nc2=O)O[C@@H]1COC(c1ccccc1)(c1ccc(OC)cc1)c1ccc(OC)cc1)N(C(C)C)C(C)C. The van der Waals surface area contributed by atoms with E-state index in [2.05, 4.69) is 49.6 Å². The van der Waals surface area contributed by atoms with Crippen molar-refractivity contribution in [2.24, 2.45) is 0 Å². The van der Waals surface area contributed by atoms with Crippen LogP contribution >= 0.6 is 8.53 Å². The number of anilines is 1. The van der Waals surface area contributed by atoms with E-state index in [-0.39, 0.29) is 30.4 Å². The third kappa shape index (κ3) is 10.1. The molecule has 0 saturated carbocycles. The van der Waals surface area contributed by atoms with Gasteiger partial charge in [0.1, 0.15) is 41.4 Å². The number of methoxy groups -OCH3 is 2. The average Bonchev–Trinajstić information content (AvgIpc) is 3.66. The first kappa shape index (κ1) is 44.6. The molecule has 1 aromatic heterocycles. The van der Waals surface area contributed by atoms with Crippen molar-refractivity contribution in [3.05, 3.63) is 160 Å². The summed E-state index contributed by atoms with van der Waals surface area (Å²) in [6.07, 6.45) is 2.05. The number of amides is 1. The van der Waals surface area contributed by atoms with Gasteiger partial charge in [0.25, 0.3) is 14.4 Å². The van der Waals surface area contributed by atoms with E-state index in [1.165, 1.54) is 4.57 Å². The number of carbonyl (C=O) groups is 1. The summed E-state index contributed by atoms with van der Waals surface area (Å²) in [7, 11) is 1.70. The smallest absolute Gasteiger partial charge is 0.351 e. The molecule has 60 heavy (non-hydrogen) atoms. The lowest BCUT2D eigenvalue weighted by Crippen LogP contribution is -2.39. The maximum atomic E-state index is 13.8. The summed E-state index contributed by atoms with van der Waals surface area (Å²) < 4.78 is 42.3. The molecule has 2 heterocycles. The Kier molecular flexibility index (Phi) is 15.3. The predicted octanol–water partition coefficient (Wildman–Crippen LogP) is 9.09. The van der Waals surface area contributed by atoms with Crippen molar-refractivity contribution < 1.29 is 32.8 Å². The molecule has 4 aromatic carbocycles. The number of nitrogens with zero attached hydrogens (tertiary/aromatic N) is 3. The number of aryl methyl sites for hydroxylation is 1. The van der Waals surface area contributed by atoms with Crippen LogP contribution < -0.4 is 20.5 Å². The van der Waals surface area contributed by atoms with Crippen LogP contribution in [0.2, 0.25) is 0 Å². The molecule has 6 rings (SSSR count). The molecule has 1 N–H and O–H groups in total. The highest BCUT2D eigenvalue weighted by Crippen LogP contribution is 2.50. The quantitative estimate of drug-likeness (QED) is 0.0637. The van der Waals surface area contributed by atoms with Gasteiger partial charge in [-0.15, -0.1) is 0 Å². The Morgan fingerprint density at radius 1 is 0.850 bits per heavy atom. The summed E-state index contributed by atoms with van der Waals surface area (Å²) in [5.74, 6) is 1.22. The lowest BCUT2D eigenvalue weighted by atomic mass is 9.80. The number of hydrogen-bond acceptors (Lipinski definition) is 10. The zero-order valence-corrected chi connectivity index (χ0v) is 36.5. The minimum atomic E-state index is -1.58. The maximum Gasteiger partial charge on any atom is 0.351 e. The fraction of sp³-hybridized carbons (Fsp3) is 0.362. The van der Waals surface area contributed by atoms with Gasteiger partial charge in [-0.1, -0.05) is 79.7 Å². The van der Waals surface area contributed by atoms with Crippen molar-refractivity contribution in [2.45, 2.75) is 84.1 Å². The van der Waals surface area contributed by atoms with Crippen LogP contribution in [0, 0.1) is 13.3 Å². The highest BCUT2D eigenvalue weighted by atomic mass is 31.2. The Bertz CT molecular complexity index is 2130. The molecule has 1 aliphatic rings. The fourth-order valence-corrected chi connectivity index (χ4v) is 9.12. The Morgan fingerprint density at radius 3 is 1.93 bits per heavy atom. The number of nitrogens with one attached hydrogen (secondary N) is 1. The Balaban J connectivity index is 1.40. The minimum Gasteiger partial charge on any atom is -0.497 e. The van der Waals surface area contributed by atoms with E-state index < -0.39 is 38.3 Å². The number of carbonyl (C=O) groups excluding carboxylic acids is 1. The number of aromatic nitrogens is 2. The molecular formula is C47H56N4O8P. The molecule has 4 atom stereocenters. The van der Waals surface area contributed by atoms with Crippen molar-refractivity contribution in [1.82, 2.24) is 14.2 Å². The second-order valence-electron chi connectivity index (χ2n) is 15.1. The second-order valence-corrected chi connectivity index (χ2v) is 16.5. The average molecular weight is 836 g/mol. The van der Waals surface area contributed by atoms with Crippen molar-refractivity contribution in [3.63, 3.8) is 0 Å². The van der Waals surface area contributed by atoms with Gasteiger partial charge >= 0.3 is 5.69 Å². The monoisotopic (exact) mass is 835 g/mol. The van der Waals surface area contributed by atoms with Crippen LogP contribution in [0.25, 0.3) is 0 Å². The van der Waals surface area contributed by atoms with Crippen LogP contribution in [0.15, 0.2) is 120 Å². The molecule has 1 unspecified atom stereocenters. The van der Waals surface area contributed by atoms with Gasteiger partial charge in [0, 0.05) is 35.8 Å². The van der Waals surface area contributed by atoms with Crippen molar-refractivity contribution in [2.75, 3.05) is 32.8 Å². The highest BCUT2D eigenvalue weighted by Gasteiger charge is 2.45. The fourth-order valence-electron chi connectivity index (χ4n) is 7.31. The number of ether oxygens (including phenoxy) is 4. The maximum absolute atomic E-state index is 13.8. The van der Waals surface area contributed by atoms with Gasteiger partial charge in [-0.05, 0) is 94.1 Å². The van der Waals surface area contributed by atoms with Crippen LogP contribution in [-0.2, 0) is 24.1 Å². The van der Waals surface area contributed by atoms with Gasteiger partial charge in [0.2, 0.25) is 0 Å². The first-order valence-electron chi connectivity index (χ1n) is 20.3. The summed E-state index contributed by atoms with van der Waals surface area (Å²) >= 11 is 0. The molecule has 317 valence electrons. The van der Waals surface area contributed by atoms with Gasteiger partial charge in [0.05, 0.1) is 27.4 Å². The van der Waals surface area contributed by atoms with E-state index in [1.807, 2.05) is 91.3 Å². The third-order valence-electron chi connectivity index (χ3n) is 10.2. The number of hydrogen-bond donors (Lipinski definition) is 1. The summed E-state index contributed by atoms with van der Waals surface area (Å²) in [6, 6.07) is 34.7. The summed E-state index contributed by atoms with van der Waals surface area (Å²) in [6.45, 7) is 12.9. The molecule has 0 spiro atoms. The van der Waals surface area contributed by atoms with Crippen LogP contribution in [-0.4, -0.2) is 71.9 Å². The molecule has 0 aliphatic carbocycles. The van der Waals surface area contributed by atoms with Crippen molar-refractivity contribution in [3.8, 4) is 11.5 Å². The molecule has 13 heteroatoms. The van der Waals surface area contributed by atoms with E-state index in [4.69, 9.17) is 28.0 Å². The van der Waals surface area contributed by atoms with E-state index in [0.717, 1.165) is 23.1 Å². The standard InChI is InChI=1S/C47H56N4O8P/c1-9-28-57-60(51(32(2)3)33(4)5)59-41-29-43(50-30-34(6)44(49-46(50)53)48-45(52)35-16-12-10-13-17-35)58-42(41)31-56-47(36-18-14-11-15-19-36,37-20-24-39(54-7)25-21-37)38-22-26-40(55-8)27-23-38/h10-27,29-30,32-33,41-43H,9,28,31H2,1-8H3,(H,48,49,52,53)/t41-,42+,43+,60?/m0/s1. The van der Waals surface area contributed by atoms with E-state index >= 15 is 0 Å². The van der Waals surface area contributed by atoms with E-state index in [1.54, 1.807) is 51.6 Å². The first-order chi connectivity index (χ1) is 29.0. The third-order valence-corrected chi connectivity index (χ3v) is 12.3. The highest BCUT2D eigenvalue weighted by molar-refractivity contribution is 7.44. The van der Waals surface area contributed by atoms with Crippen LogP contribution in [0.3, 0.4) is 0 Å². The second kappa shape index (κ2) is 20.5. The zero-order chi connectivity index (χ0) is 42.8. The van der Waals surface area contributed by atoms with Crippen LogP contribution in [0.5, 0.6) is 11.5 Å². The topological polar surface area (TPSA) is 123 Å². The molecule has 5 aromatic rings. The van der Waals surface area contributed by atoms with E-state index in [0.29, 0.717) is 29.2 Å². The first-order valence-corrected chi connectivity index (χ1v) is 21.4. The number of benzene rings is 4. The summed E-state index contributed by atoms with van der Waals surface area (Å²) in [4.78, 5) is 31.1. The molecule has 1 amide bonds. The van der Waals surface area contributed by atoms with Gasteiger partial charge < -0.3 is 33.3 Å². The molecule has 1 fully saturated rings. The zero-order valence-electron chi connectivity index (χ0n) is 35.6. The van der Waals surface area contributed by atoms with Crippen LogP contribution in [0.4, 0.5) is 5.82 Å². The lowest BCUT2D eigenvalue weighted by Gasteiger charge is -2.39. The van der Waals surface area contributed by atoms with Gasteiger partial charge in [-0.3, -0.25) is 9.36 Å². The van der Waals surface area contributed by atoms with Gasteiger partial charge in [-0.25, -0.2) is 9.46 Å². The Hall–Kier alpha value is -4.94. The predicted molar refractivity (Wildman–Crippen MR) is 234 cm³/mol. The largest absolute Gasteiger partial charge is 0.497 e. The molecule has 12 nitrogen and oxygen atoms in total.